The first-order chi connectivity index (χ1) is 15.9. The van der Waals surface area contributed by atoms with Gasteiger partial charge in [-0.25, -0.2) is 14.0 Å². The van der Waals surface area contributed by atoms with E-state index in [9.17, 15) is 18.8 Å². The first-order valence-electron chi connectivity index (χ1n) is 11.4. The predicted octanol–water partition coefficient (Wildman–Crippen LogP) is 6.27. The van der Waals surface area contributed by atoms with Gasteiger partial charge in [-0.15, -0.1) is 0 Å². The van der Waals surface area contributed by atoms with Gasteiger partial charge in [0.2, 0.25) is 0 Å². The van der Waals surface area contributed by atoms with Crippen LogP contribution in [0.1, 0.15) is 85.9 Å². The molecule has 0 radical (unpaired) electrons. The van der Waals surface area contributed by atoms with E-state index >= 15 is 0 Å². The fourth-order valence-electron chi connectivity index (χ4n) is 3.17. The van der Waals surface area contributed by atoms with E-state index in [-0.39, 0.29) is 30.1 Å². The van der Waals surface area contributed by atoms with E-state index < -0.39 is 23.7 Å². The summed E-state index contributed by atoms with van der Waals surface area (Å²) in [5, 5.41) is 0. The number of ether oxygens (including phenoxy) is 3. The molecule has 0 saturated carbocycles. The van der Waals surface area contributed by atoms with Crippen LogP contribution >= 0.6 is 0 Å². The van der Waals surface area contributed by atoms with Gasteiger partial charge in [-0.3, -0.25) is 4.79 Å². The molecule has 7 heteroatoms. The molecule has 0 aromatic heterocycles. The summed E-state index contributed by atoms with van der Waals surface area (Å²) in [4.78, 5) is 35.9. The Morgan fingerprint density at radius 1 is 0.758 bits per heavy atom. The van der Waals surface area contributed by atoms with Crippen LogP contribution in [0.4, 0.5) is 4.39 Å². The van der Waals surface area contributed by atoms with Crippen molar-refractivity contribution in [3.63, 3.8) is 0 Å². The van der Waals surface area contributed by atoms with Crippen molar-refractivity contribution < 1.29 is 33.0 Å². The highest BCUT2D eigenvalue weighted by atomic mass is 19.1. The number of unbranched alkanes of at least 4 members (excludes halogenated alkanes) is 6. The van der Waals surface area contributed by atoms with Crippen LogP contribution in [0.15, 0.2) is 42.5 Å². The SMILES string of the molecule is CCCCCCCCCC(=O)Oc1ccc(C(=O)Oc2ccc(C(=O)OCC)cc2)c(F)c1. The van der Waals surface area contributed by atoms with E-state index in [0.717, 1.165) is 25.3 Å². The van der Waals surface area contributed by atoms with Gasteiger partial charge in [-0.2, -0.15) is 0 Å². The summed E-state index contributed by atoms with van der Waals surface area (Å²) in [5.74, 6) is -2.49. The van der Waals surface area contributed by atoms with Crippen LogP contribution in [-0.2, 0) is 9.53 Å². The molecule has 33 heavy (non-hydrogen) atoms. The fourth-order valence-corrected chi connectivity index (χ4v) is 3.17. The molecular weight excluding hydrogens is 427 g/mol. The number of carbonyl (C=O) groups is 3. The topological polar surface area (TPSA) is 78.9 Å². The van der Waals surface area contributed by atoms with Gasteiger partial charge in [0.15, 0.2) is 0 Å². The molecule has 2 rings (SSSR count). The van der Waals surface area contributed by atoms with E-state index in [1.54, 1.807) is 6.92 Å². The lowest BCUT2D eigenvalue weighted by atomic mass is 10.1. The number of hydrogen-bond acceptors (Lipinski definition) is 6. The minimum absolute atomic E-state index is 0.0378. The Labute approximate surface area is 194 Å². The van der Waals surface area contributed by atoms with Crippen LogP contribution in [0, 0.1) is 5.82 Å². The molecule has 0 bridgehead atoms. The predicted molar refractivity (Wildman–Crippen MR) is 122 cm³/mol. The maximum atomic E-state index is 14.4. The average Bonchev–Trinajstić information content (AvgIpc) is 2.79. The summed E-state index contributed by atoms with van der Waals surface area (Å²) in [5.41, 5.74) is 0.0156. The maximum Gasteiger partial charge on any atom is 0.346 e. The number of carbonyl (C=O) groups excluding carboxylic acids is 3. The molecule has 0 amide bonds. The second-order valence-electron chi connectivity index (χ2n) is 7.62. The van der Waals surface area contributed by atoms with Crippen molar-refractivity contribution in [2.75, 3.05) is 6.61 Å². The standard InChI is InChI=1S/C26H31FO6/c1-3-5-6-7-8-9-10-11-24(28)32-21-16-17-22(23(27)18-21)26(30)33-20-14-12-19(13-15-20)25(29)31-4-2/h12-18H,3-11H2,1-2H3. The van der Waals surface area contributed by atoms with Gasteiger partial charge in [0.05, 0.1) is 17.7 Å². The van der Waals surface area contributed by atoms with Gasteiger partial charge in [0, 0.05) is 12.5 Å². The van der Waals surface area contributed by atoms with Crippen molar-refractivity contribution >= 4 is 17.9 Å². The van der Waals surface area contributed by atoms with Gasteiger partial charge in [-0.05, 0) is 49.7 Å². The minimum Gasteiger partial charge on any atom is -0.462 e. The fraction of sp³-hybridized carbons (Fsp3) is 0.423. The first kappa shape index (κ1) is 26.0. The van der Waals surface area contributed by atoms with Crippen molar-refractivity contribution in [3.8, 4) is 11.5 Å². The molecule has 0 spiro atoms. The highest BCUT2D eigenvalue weighted by molar-refractivity contribution is 5.92. The highest BCUT2D eigenvalue weighted by Crippen LogP contribution is 2.21. The van der Waals surface area contributed by atoms with Crippen molar-refractivity contribution in [3.05, 3.63) is 59.4 Å². The molecule has 0 N–H and O–H groups in total. The second-order valence-corrected chi connectivity index (χ2v) is 7.62. The first-order valence-corrected chi connectivity index (χ1v) is 11.4. The van der Waals surface area contributed by atoms with Crippen molar-refractivity contribution in [2.45, 2.75) is 65.2 Å². The van der Waals surface area contributed by atoms with Crippen LogP contribution in [-0.4, -0.2) is 24.5 Å². The molecule has 0 aliphatic rings. The normalized spacial score (nSPS) is 10.5. The van der Waals surface area contributed by atoms with Gasteiger partial charge in [-0.1, -0.05) is 45.4 Å². The Balaban J connectivity index is 1.83. The number of halogens is 1. The minimum atomic E-state index is -0.905. The Morgan fingerprint density at radius 2 is 1.39 bits per heavy atom. The van der Waals surface area contributed by atoms with Crippen LogP contribution in [0.5, 0.6) is 11.5 Å². The van der Waals surface area contributed by atoms with Crippen LogP contribution in [0.2, 0.25) is 0 Å². The van der Waals surface area contributed by atoms with E-state index in [0.29, 0.717) is 5.56 Å². The third-order valence-corrected chi connectivity index (χ3v) is 4.95. The van der Waals surface area contributed by atoms with E-state index in [1.807, 2.05) is 0 Å². The zero-order valence-electron chi connectivity index (χ0n) is 19.2. The van der Waals surface area contributed by atoms with Crippen molar-refractivity contribution in [1.29, 1.82) is 0 Å². The molecule has 0 aliphatic heterocycles. The molecule has 2 aromatic rings. The maximum absolute atomic E-state index is 14.4. The quantitative estimate of drug-likeness (QED) is 0.200. The average molecular weight is 459 g/mol. The van der Waals surface area contributed by atoms with Crippen LogP contribution in [0.25, 0.3) is 0 Å². The summed E-state index contributed by atoms with van der Waals surface area (Å²) >= 11 is 0. The van der Waals surface area contributed by atoms with Gasteiger partial charge >= 0.3 is 17.9 Å². The molecule has 178 valence electrons. The molecule has 0 atom stereocenters. The van der Waals surface area contributed by atoms with Gasteiger partial charge < -0.3 is 14.2 Å². The van der Waals surface area contributed by atoms with E-state index in [4.69, 9.17) is 14.2 Å². The Morgan fingerprint density at radius 3 is 2.03 bits per heavy atom. The lowest BCUT2D eigenvalue weighted by Crippen LogP contribution is -2.12. The molecular formula is C26H31FO6. The molecule has 0 heterocycles. The zero-order chi connectivity index (χ0) is 24.1. The van der Waals surface area contributed by atoms with Crippen molar-refractivity contribution in [1.82, 2.24) is 0 Å². The molecule has 6 nitrogen and oxygen atoms in total. The number of rotatable bonds is 13. The lowest BCUT2D eigenvalue weighted by molar-refractivity contribution is -0.134. The second kappa shape index (κ2) is 14.0. The van der Waals surface area contributed by atoms with E-state index in [1.165, 1.54) is 62.1 Å². The third kappa shape index (κ3) is 9.04. The zero-order valence-corrected chi connectivity index (χ0v) is 19.2. The smallest absolute Gasteiger partial charge is 0.346 e. The summed E-state index contributed by atoms with van der Waals surface area (Å²) in [6.07, 6.45) is 7.86. The van der Waals surface area contributed by atoms with Gasteiger partial charge in [0.1, 0.15) is 17.3 Å². The third-order valence-electron chi connectivity index (χ3n) is 4.95. The highest BCUT2D eigenvalue weighted by Gasteiger charge is 2.17. The Bertz CT molecular complexity index is 923. The summed E-state index contributed by atoms with van der Waals surface area (Å²) in [7, 11) is 0. The number of hydrogen-bond donors (Lipinski definition) is 0. The van der Waals surface area contributed by atoms with Crippen LogP contribution in [0.3, 0.4) is 0 Å². The monoisotopic (exact) mass is 458 g/mol. The number of esters is 3. The lowest BCUT2D eigenvalue weighted by Gasteiger charge is -2.08. The molecule has 2 aromatic carbocycles. The summed E-state index contributed by atoms with van der Waals surface area (Å²) < 4.78 is 29.6. The molecule has 0 fully saturated rings. The number of benzene rings is 2. The summed E-state index contributed by atoms with van der Waals surface area (Å²) in [6, 6.07) is 9.29. The van der Waals surface area contributed by atoms with Crippen LogP contribution < -0.4 is 9.47 Å². The van der Waals surface area contributed by atoms with Gasteiger partial charge in [0.25, 0.3) is 0 Å². The summed E-state index contributed by atoms with van der Waals surface area (Å²) in [6.45, 7) is 4.12. The molecule has 0 aliphatic carbocycles. The van der Waals surface area contributed by atoms with E-state index in [2.05, 4.69) is 6.92 Å². The largest absolute Gasteiger partial charge is 0.462 e. The van der Waals surface area contributed by atoms with Crippen molar-refractivity contribution in [2.24, 2.45) is 0 Å². The Kier molecular flexibility index (Phi) is 11.1. The molecule has 0 unspecified atom stereocenters. The Hall–Kier alpha value is -3.22. The molecule has 0 saturated heterocycles.